The van der Waals surface area contributed by atoms with E-state index in [-0.39, 0.29) is 5.60 Å². The van der Waals surface area contributed by atoms with Gasteiger partial charge in [0, 0.05) is 25.0 Å². The fourth-order valence-electron chi connectivity index (χ4n) is 4.43. The molecule has 3 aliphatic rings. The van der Waals surface area contributed by atoms with Crippen LogP contribution in [0.5, 0.6) is 11.5 Å². The Kier molecular flexibility index (Phi) is 3.35. The first-order valence-electron chi connectivity index (χ1n) is 8.33. The molecule has 0 bridgehead atoms. The van der Waals surface area contributed by atoms with E-state index in [2.05, 4.69) is 24.0 Å². The molecule has 0 N–H and O–H groups in total. The Bertz CT molecular complexity index is 582. The van der Waals surface area contributed by atoms with Crippen LogP contribution in [0.3, 0.4) is 0 Å². The summed E-state index contributed by atoms with van der Waals surface area (Å²) in [4.78, 5) is 2.65. The second-order valence-electron chi connectivity index (χ2n) is 6.83. The molecule has 0 aliphatic carbocycles. The monoisotopic (exact) mass is 303 g/mol. The first-order valence-corrected chi connectivity index (χ1v) is 8.33. The maximum absolute atomic E-state index is 5.92. The lowest BCUT2D eigenvalue weighted by Gasteiger charge is -2.46. The summed E-state index contributed by atoms with van der Waals surface area (Å²) < 4.78 is 16.9. The molecule has 3 atom stereocenters. The topological polar surface area (TPSA) is 34.2 Å². The maximum Gasteiger partial charge on any atom is 0.161 e. The second-order valence-corrected chi connectivity index (χ2v) is 6.83. The number of epoxide rings is 1. The number of methoxy groups -OCH3 is 2. The maximum atomic E-state index is 5.92. The number of benzene rings is 1. The molecule has 3 aliphatic heterocycles. The molecule has 1 aromatic rings. The molecular weight excluding hydrogens is 278 g/mol. The standard InChI is InChI=1S/C18H25NO3/c1-4-13-10-19-6-5-12-7-16(20-2)17(21-3)8-14(12)15(19)9-18(13)11-22-18/h7-8,13,15H,4-6,9-11H2,1-3H3/t13-,15+,18-/m1/s1. The predicted octanol–water partition coefficient (Wildman–Crippen LogP) is 2.80. The van der Waals surface area contributed by atoms with Crippen molar-refractivity contribution in [3.05, 3.63) is 23.3 Å². The zero-order chi connectivity index (χ0) is 15.3. The third kappa shape index (κ3) is 2.04. The Morgan fingerprint density at radius 1 is 1.27 bits per heavy atom. The van der Waals surface area contributed by atoms with Crippen LogP contribution in [-0.2, 0) is 11.2 Å². The number of ether oxygens (including phenoxy) is 3. The van der Waals surface area contributed by atoms with Crippen LogP contribution in [0, 0.1) is 5.92 Å². The molecule has 0 unspecified atom stereocenters. The Morgan fingerprint density at radius 2 is 2.00 bits per heavy atom. The molecule has 120 valence electrons. The van der Waals surface area contributed by atoms with Gasteiger partial charge >= 0.3 is 0 Å². The molecule has 1 spiro atoms. The van der Waals surface area contributed by atoms with Gasteiger partial charge in [0.2, 0.25) is 0 Å². The molecule has 0 aromatic heterocycles. The fourth-order valence-corrected chi connectivity index (χ4v) is 4.43. The molecule has 2 saturated heterocycles. The zero-order valence-electron chi connectivity index (χ0n) is 13.7. The first kappa shape index (κ1) is 14.3. The van der Waals surface area contributed by atoms with Crippen molar-refractivity contribution < 1.29 is 14.2 Å². The quantitative estimate of drug-likeness (QED) is 0.804. The van der Waals surface area contributed by atoms with Crippen LogP contribution in [-0.4, -0.2) is 44.4 Å². The SMILES string of the molecule is CC[C@@H]1CN2CCc3cc(OC)c(OC)cc3[C@@H]2C[C@@]12CO2. The van der Waals surface area contributed by atoms with Crippen LogP contribution < -0.4 is 9.47 Å². The summed E-state index contributed by atoms with van der Waals surface area (Å²) >= 11 is 0. The third-order valence-corrected chi connectivity index (χ3v) is 5.86. The van der Waals surface area contributed by atoms with Gasteiger partial charge in [-0.15, -0.1) is 0 Å². The van der Waals surface area contributed by atoms with E-state index < -0.39 is 0 Å². The Morgan fingerprint density at radius 3 is 2.64 bits per heavy atom. The number of fused-ring (bicyclic) bond motifs is 3. The minimum atomic E-state index is 0.150. The predicted molar refractivity (Wildman–Crippen MR) is 84.6 cm³/mol. The number of hydrogen-bond donors (Lipinski definition) is 0. The van der Waals surface area contributed by atoms with Gasteiger partial charge in [-0.3, -0.25) is 4.90 Å². The number of nitrogens with zero attached hydrogens (tertiary/aromatic N) is 1. The summed E-state index contributed by atoms with van der Waals surface area (Å²) in [7, 11) is 3.42. The van der Waals surface area contributed by atoms with Gasteiger partial charge in [0.1, 0.15) is 0 Å². The lowest BCUT2D eigenvalue weighted by Crippen LogP contribution is -2.49. The Balaban J connectivity index is 1.71. The van der Waals surface area contributed by atoms with Crippen molar-refractivity contribution in [1.82, 2.24) is 4.90 Å². The van der Waals surface area contributed by atoms with Crippen molar-refractivity contribution in [2.24, 2.45) is 5.92 Å². The van der Waals surface area contributed by atoms with E-state index in [9.17, 15) is 0 Å². The zero-order valence-corrected chi connectivity index (χ0v) is 13.7. The van der Waals surface area contributed by atoms with Crippen LogP contribution >= 0.6 is 0 Å². The van der Waals surface area contributed by atoms with Gasteiger partial charge < -0.3 is 14.2 Å². The minimum Gasteiger partial charge on any atom is -0.493 e. The van der Waals surface area contributed by atoms with E-state index in [1.807, 2.05) is 0 Å². The average molecular weight is 303 g/mol. The average Bonchev–Trinajstić information content (AvgIpc) is 3.32. The summed E-state index contributed by atoms with van der Waals surface area (Å²) in [6.07, 6.45) is 3.42. The molecule has 0 radical (unpaired) electrons. The lowest BCUT2D eigenvalue weighted by atomic mass is 9.76. The number of rotatable bonds is 3. The van der Waals surface area contributed by atoms with Crippen molar-refractivity contribution in [2.75, 3.05) is 33.9 Å². The molecule has 4 nitrogen and oxygen atoms in total. The van der Waals surface area contributed by atoms with Gasteiger partial charge in [-0.25, -0.2) is 0 Å². The van der Waals surface area contributed by atoms with Crippen LogP contribution in [0.15, 0.2) is 12.1 Å². The van der Waals surface area contributed by atoms with Crippen LogP contribution in [0.4, 0.5) is 0 Å². The highest BCUT2D eigenvalue weighted by atomic mass is 16.6. The van der Waals surface area contributed by atoms with Crippen molar-refractivity contribution in [1.29, 1.82) is 0 Å². The summed E-state index contributed by atoms with van der Waals surface area (Å²) in [6.45, 7) is 5.54. The van der Waals surface area contributed by atoms with E-state index in [0.29, 0.717) is 12.0 Å². The molecule has 2 fully saturated rings. The van der Waals surface area contributed by atoms with Gasteiger partial charge in [0.25, 0.3) is 0 Å². The largest absolute Gasteiger partial charge is 0.493 e. The van der Waals surface area contributed by atoms with Gasteiger partial charge in [0.15, 0.2) is 11.5 Å². The normalized spacial score (nSPS) is 33.2. The van der Waals surface area contributed by atoms with E-state index in [1.54, 1.807) is 14.2 Å². The molecular formula is C18H25NO3. The summed E-state index contributed by atoms with van der Waals surface area (Å²) in [5, 5.41) is 0. The van der Waals surface area contributed by atoms with Crippen LogP contribution in [0.1, 0.15) is 36.9 Å². The Labute approximate surface area is 132 Å². The number of piperidine rings is 1. The molecule has 0 saturated carbocycles. The Hall–Kier alpha value is -1.26. The summed E-state index contributed by atoms with van der Waals surface area (Å²) in [5.41, 5.74) is 2.97. The molecule has 1 aromatic carbocycles. The van der Waals surface area contributed by atoms with Crippen LogP contribution in [0.2, 0.25) is 0 Å². The van der Waals surface area contributed by atoms with Crippen molar-refractivity contribution in [2.45, 2.75) is 37.8 Å². The summed E-state index contributed by atoms with van der Waals surface area (Å²) in [6, 6.07) is 4.82. The van der Waals surface area contributed by atoms with E-state index in [0.717, 1.165) is 44.0 Å². The molecule has 4 rings (SSSR count). The highest BCUT2D eigenvalue weighted by molar-refractivity contribution is 5.49. The van der Waals surface area contributed by atoms with Gasteiger partial charge in [0.05, 0.1) is 26.4 Å². The fraction of sp³-hybridized carbons (Fsp3) is 0.667. The molecule has 4 heteroatoms. The van der Waals surface area contributed by atoms with Crippen molar-refractivity contribution in [3.63, 3.8) is 0 Å². The van der Waals surface area contributed by atoms with E-state index in [4.69, 9.17) is 14.2 Å². The molecule has 0 amide bonds. The van der Waals surface area contributed by atoms with Gasteiger partial charge in [-0.05, 0) is 42.5 Å². The third-order valence-electron chi connectivity index (χ3n) is 5.86. The molecule has 3 heterocycles. The highest BCUT2D eigenvalue weighted by Gasteiger charge is 2.56. The van der Waals surface area contributed by atoms with E-state index >= 15 is 0 Å². The second kappa shape index (κ2) is 5.14. The number of hydrogen-bond acceptors (Lipinski definition) is 4. The summed E-state index contributed by atoms with van der Waals surface area (Å²) in [5.74, 6) is 2.37. The molecule has 22 heavy (non-hydrogen) atoms. The highest BCUT2D eigenvalue weighted by Crippen LogP contribution is 2.52. The van der Waals surface area contributed by atoms with Crippen molar-refractivity contribution in [3.8, 4) is 11.5 Å². The van der Waals surface area contributed by atoms with Gasteiger partial charge in [-0.2, -0.15) is 0 Å². The minimum absolute atomic E-state index is 0.150. The smallest absolute Gasteiger partial charge is 0.161 e. The first-order chi connectivity index (χ1) is 10.7. The van der Waals surface area contributed by atoms with Gasteiger partial charge in [-0.1, -0.05) is 6.92 Å². The lowest BCUT2D eigenvalue weighted by molar-refractivity contribution is 0.0294. The van der Waals surface area contributed by atoms with E-state index in [1.165, 1.54) is 17.5 Å². The van der Waals surface area contributed by atoms with Crippen LogP contribution in [0.25, 0.3) is 0 Å². The van der Waals surface area contributed by atoms with Crippen molar-refractivity contribution >= 4 is 0 Å².